The van der Waals surface area contributed by atoms with Crippen LogP contribution in [0.4, 0.5) is 5.95 Å². The monoisotopic (exact) mass is 191 g/mol. The largest absolute Gasteiger partial charge is 0.377 e. The Kier molecular flexibility index (Phi) is 3.08. The molecule has 0 atom stereocenters. The quantitative estimate of drug-likeness (QED) is 0.730. The van der Waals surface area contributed by atoms with Gasteiger partial charge in [0.2, 0.25) is 5.95 Å². The maximum absolute atomic E-state index is 5.32. The van der Waals surface area contributed by atoms with Gasteiger partial charge < -0.3 is 10.1 Å². The van der Waals surface area contributed by atoms with Gasteiger partial charge in [0.1, 0.15) is 0 Å². The van der Waals surface area contributed by atoms with Gasteiger partial charge in [-0.25, -0.2) is 9.97 Å². The lowest BCUT2D eigenvalue weighted by Gasteiger charge is -2.13. The molecule has 0 spiro atoms. The third-order valence-corrected chi connectivity index (χ3v) is 2.02. The zero-order chi connectivity index (χ0) is 9.64. The number of nitrogens with zero attached hydrogens (tertiary/aromatic N) is 2. The van der Waals surface area contributed by atoms with Crippen molar-refractivity contribution in [3.8, 4) is 0 Å². The van der Waals surface area contributed by atoms with E-state index in [-0.39, 0.29) is 0 Å². The molecule has 0 bridgehead atoms. The zero-order valence-corrected chi connectivity index (χ0v) is 7.94. The summed E-state index contributed by atoms with van der Waals surface area (Å²) in [6.07, 6.45) is 6.66. The molecule has 1 aliphatic rings. The first-order chi connectivity index (χ1) is 6.95. The van der Waals surface area contributed by atoms with Gasteiger partial charge in [0.25, 0.3) is 0 Å². The lowest BCUT2D eigenvalue weighted by atomic mass is 10.2. The highest BCUT2D eigenvalue weighted by molar-refractivity contribution is 5.26. The Balaban J connectivity index is 1.85. The van der Waals surface area contributed by atoms with Gasteiger partial charge in [0.05, 0.1) is 13.2 Å². The lowest BCUT2D eigenvalue weighted by Crippen LogP contribution is -2.14. The van der Waals surface area contributed by atoms with Crippen LogP contribution in [0.1, 0.15) is 6.42 Å². The SMILES string of the molecule is C1=C(CNc2ncccn2)COCC1. The Morgan fingerprint density at radius 1 is 1.36 bits per heavy atom. The Hall–Kier alpha value is -1.42. The van der Waals surface area contributed by atoms with Gasteiger partial charge in [-0.1, -0.05) is 6.08 Å². The van der Waals surface area contributed by atoms with Crippen LogP contribution in [0, 0.1) is 0 Å². The summed E-state index contributed by atoms with van der Waals surface area (Å²) in [6, 6.07) is 1.80. The van der Waals surface area contributed by atoms with Gasteiger partial charge in [0, 0.05) is 18.9 Å². The van der Waals surface area contributed by atoms with Gasteiger partial charge in [-0.05, 0) is 18.1 Å². The number of ether oxygens (including phenoxy) is 1. The van der Waals surface area contributed by atoms with Crippen molar-refractivity contribution in [2.75, 3.05) is 25.1 Å². The molecule has 4 heteroatoms. The average molecular weight is 191 g/mol. The van der Waals surface area contributed by atoms with E-state index in [1.165, 1.54) is 5.57 Å². The number of anilines is 1. The summed E-state index contributed by atoms with van der Waals surface area (Å²) >= 11 is 0. The summed E-state index contributed by atoms with van der Waals surface area (Å²) in [4.78, 5) is 8.15. The van der Waals surface area contributed by atoms with Gasteiger partial charge in [-0.3, -0.25) is 0 Å². The van der Waals surface area contributed by atoms with E-state index in [1.807, 2.05) is 0 Å². The van der Waals surface area contributed by atoms with Crippen molar-refractivity contribution in [1.29, 1.82) is 0 Å². The molecule has 0 saturated carbocycles. The fourth-order valence-electron chi connectivity index (χ4n) is 1.31. The topological polar surface area (TPSA) is 47.0 Å². The van der Waals surface area contributed by atoms with Gasteiger partial charge in [-0.15, -0.1) is 0 Å². The molecular weight excluding hydrogens is 178 g/mol. The number of rotatable bonds is 3. The van der Waals surface area contributed by atoms with Crippen molar-refractivity contribution in [2.24, 2.45) is 0 Å². The smallest absolute Gasteiger partial charge is 0.222 e. The molecular formula is C10H13N3O. The minimum absolute atomic E-state index is 0.666. The summed E-state index contributed by atoms with van der Waals surface area (Å²) < 4.78 is 5.32. The molecule has 1 N–H and O–H groups in total. The van der Waals surface area contributed by atoms with E-state index in [4.69, 9.17) is 4.74 Å². The van der Waals surface area contributed by atoms with E-state index in [9.17, 15) is 0 Å². The second-order valence-electron chi connectivity index (χ2n) is 3.13. The van der Waals surface area contributed by atoms with Crippen LogP contribution in [0.15, 0.2) is 30.1 Å². The molecule has 0 unspecified atom stereocenters. The van der Waals surface area contributed by atoms with Gasteiger partial charge in [-0.2, -0.15) is 0 Å². The molecule has 1 aromatic rings. The van der Waals surface area contributed by atoms with Crippen LogP contribution < -0.4 is 5.32 Å². The fourth-order valence-corrected chi connectivity index (χ4v) is 1.31. The van der Waals surface area contributed by atoms with E-state index >= 15 is 0 Å². The first-order valence-corrected chi connectivity index (χ1v) is 4.72. The van der Waals surface area contributed by atoms with Gasteiger partial charge in [0.15, 0.2) is 0 Å². The Morgan fingerprint density at radius 2 is 2.21 bits per heavy atom. The van der Waals surface area contributed by atoms with Gasteiger partial charge >= 0.3 is 0 Å². The first-order valence-electron chi connectivity index (χ1n) is 4.72. The van der Waals surface area contributed by atoms with Crippen LogP contribution in [-0.4, -0.2) is 29.7 Å². The number of hydrogen-bond acceptors (Lipinski definition) is 4. The van der Waals surface area contributed by atoms with E-state index < -0.39 is 0 Å². The van der Waals surface area contributed by atoms with E-state index in [0.717, 1.165) is 26.2 Å². The normalized spacial score (nSPS) is 16.1. The number of nitrogens with one attached hydrogen (secondary N) is 1. The molecule has 74 valence electrons. The highest BCUT2D eigenvalue weighted by Crippen LogP contribution is 2.06. The predicted octanol–water partition coefficient (Wildman–Crippen LogP) is 1.24. The van der Waals surface area contributed by atoms with Crippen LogP contribution >= 0.6 is 0 Å². The number of aromatic nitrogens is 2. The van der Waals surface area contributed by atoms with Crippen molar-refractivity contribution in [3.63, 3.8) is 0 Å². The summed E-state index contributed by atoms with van der Waals surface area (Å²) in [5.74, 6) is 0.666. The maximum Gasteiger partial charge on any atom is 0.222 e. The summed E-state index contributed by atoms with van der Waals surface area (Å²) in [5.41, 5.74) is 1.27. The second-order valence-corrected chi connectivity index (χ2v) is 3.13. The van der Waals surface area contributed by atoms with Crippen molar-refractivity contribution >= 4 is 5.95 Å². The molecule has 0 amide bonds. The highest BCUT2D eigenvalue weighted by Gasteiger charge is 2.03. The fraction of sp³-hybridized carbons (Fsp3) is 0.400. The molecule has 1 aliphatic heterocycles. The molecule has 2 heterocycles. The van der Waals surface area contributed by atoms with Crippen LogP contribution in [0.3, 0.4) is 0 Å². The lowest BCUT2D eigenvalue weighted by molar-refractivity contribution is 0.150. The highest BCUT2D eigenvalue weighted by atomic mass is 16.5. The standard InChI is InChI=1S/C10H13N3O/c1-3-9(8-14-6-1)7-13-10-11-4-2-5-12-10/h2-5H,1,6-8H2,(H,11,12,13). The molecule has 0 aliphatic carbocycles. The molecule has 0 fully saturated rings. The van der Waals surface area contributed by atoms with Crippen LogP contribution in [0.25, 0.3) is 0 Å². The molecule has 2 rings (SSSR count). The second kappa shape index (κ2) is 4.72. The zero-order valence-electron chi connectivity index (χ0n) is 7.94. The van der Waals surface area contributed by atoms with E-state index in [0.29, 0.717) is 5.95 Å². The van der Waals surface area contributed by atoms with E-state index in [2.05, 4.69) is 21.4 Å². The Labute approximate surface area is 83.0 Å². The van der Waals surface area contributed by atoms with Crippen molar-refractivity contribution in [3.05, 3.63) is 30.1 Å². The minimum Gasteiger partial charge on any atom is -0.377 e. The van der Waals surface area contributed by atoms with Crippen molar-refractivity contribution in [1.82, 2.24) is 9.97 Å². The molecule has 4 nitrogen and oxygen atoms in total. The summed E-state index contributed by atoms with van der Waals surface area (Å²) in [6.45, 7) is 2.33. The molecule has 0 radical (unpaired) electrons. The summed E-state index contributed by atoms with van der Waals surface area (Å²) in [5, 5.41) is 3.14. The first kappa shape index (κ1) is 9.15. The van der Waals surface area contributed by atoms with Crippen LogP contribution in [0.5, 0.6) is 0 Å². The van der Waals surface area contributed by atoms with E-state index in [1.54, 1.807) is 18.5 Å². The molecule has 14 heavy (non-hydrogen) atoms. The van der Waals surface area contributed by atoms with Crippen LogP contribution in [0.2, 0.25) is 0 Å². The minimum atomic E-state index is 0.666. The summed E-state index contributed by atoms with van der Waals surface area (Å²) in [7, 11) is 0. The third kappa shape index (κ3) is 2.53. The average Bonchev–Trinajstić information content (AvgIpc) is 2.29. The third-order valence-electron chi connectivity index (χ3n) is 2.02. The Morgan fingerprint density at radius 3 is 2.93 bits per heavy atom. The predicted molar refractivity (Wildman–Crippen MR) is 54.0 cm³/mol. The van der Waals surface area contributed by atoms with Crippen LogP contribution in [-0.2, 0) is 4.74 Å². The van der Waals surface area contributed by atoms with Crippen molar-refractivity contribution < 1.29 is 4.74 Å². The molecule has 1 aromatic heterocycles. The Bertz CT molecular complexity index is 310. The molecule has 0 aromatic carbocycles. The molecule has 0 saturated heterocycles. The maximum atomic E-state index is 5.32. The number of hydrogen-bond donors (Lipinski definition) is 1. The van der Waals surface area contributed by atoms with Crippen molar-refractivity contribution in [2.45, 2.75) is 6.42 Å².